The second kappa shape index (κ2) is 7.39. The number of benzene rings is 2. The van der Waals surface area contributed by atoms with Crippen molar-refractivity contribution in [3.8, 4) is 22.8 Å². The summed E-state index contributed by atoms with van der Waals surface area (Å²) in [6.07, 6.45) is 3.41. The number of nitrogens with one attached hydrogen (secondary N) is 2. The first kappa shape index (κ1) is 18.4. The first-order valence-corrected chi connectivity index (χ1v) is 10.2. The molecule has 0 bridgehead atoms. The molecule has 2 N–H and O–H groups in total. The van der Waals surface area contributed by atoms with Crippen LogP contribution in [-0.4, -0.2) is 27.7 Å². The molecule has 4 heterocycles. The Bertz CT molecular complexity index is 1480. The summed E-state index contributed by atoms with van der Waals surface area (Å²) in [6, 6.07) is 19.3. The van der Waals surface area contributed by atoms with Crippen LogP contribution >= 0.6 is 0 Å². The zero-order chi connectivity index (χ0) is 21.5. The highest BCUT2D eigenvalue weighted by molar-refractivity contribution is 6.13. The number of carbonyl (C=O) groups is 1. The highest BCUT2D eigenvalue weighted by Gasteiger charge is 2.20. The predicted molar refractivity (Wildman–Crippen MR) is 121 cm³/mol. The number of para-hydroxylation sites is 1. The Hall–Kier alpha value is -4.39. The molecular weight excluding hydrogens is 404 g/mol. The number of pyridine rings is 2. The van der Waals surface area contributed by atoms with Gasteiger partial charge in [0.15, 0.2) is 11.5 Å². The lowest BCUT2D eigenvalue weighted by Crippen LogP contribution is -2.24. The minimum absolute atomic E-state index is 0.200. The lowest BCUT2D eigenvalue weighted by atomic mass is 10.1. The molecule has 7 heteroatoms. The molecule has 0 radical (unpaired) electrons. The van der Waals surface area contributed by atoms with Crippen molar-refractivity contribution in [3.63, 3.8) is 0 Å². The third kappa shape index (κ3) is 3.11. The van der Waals surface area contributed by atoms with Gasteiger partial charge in [-0.3, -0.25) is 9.78 Å². The van der Waals surface area contributed by atoms with E-state index in [0.717, 1.165) is 32.9 Å². The molecule has 0 spiro atoms. The maximum Gasteiger partial charge on any atom is 0.270 e. The van der Waals surface area contributed by atoms with E-state index < -0.39 is 0 Å². The molecule has 0 unspecified atom stereocenters. The minimum atomic E-state index is -0.240. The van der Waals surface area contributed by atoms with Crippen LogP contribution in [0.25, 0.3) is 33.1 Å². The van der Waals surface area contributed by atoms with E-state index in [9.17, 15) is 4.79 Å². The van der Waals surface area contributed by atoms with E-state index in [-0.39, 0.29) is 12.7 Å². The Morgan fingerprint density at radius 3 is 2.72 bits per heavy atom. The molecule has 1 amide bonds. The Morgan fingerprint density at radius 1 is 0.969 bits per heavy atom. The summed E-state index contributed by atoms with van der Waals surface area (Å²) in [5.74, 6) is 1.13. The largest absolute Gasteiger partial charge is 0.454 e. The highest BCUT2D eigenvalue weighted by Crippen LogP contribution is 2.38. The van der Waals surface area contributed by atoms with Crippen LogP contribution in [0.15, 0.2) is 73.1 Å². The normalized spacial score (nSPS) is 12.4. The third-order valence-corrected chi connectivity index (χ3v) is 5.58. The number of aromatic amines is 1. The number of H-pyrrole nitrogens is 1. The van der Waals surface area contributed by atoms with Crippen molar-refractivity contribution >= 4 is 27.7 Å². The van der Waals surface area contributed by atoms with E-state index >= 15 is 0 Å². The highest BCUT2D eigenvalue weighted by atomic mass is 16.7. The summed E-state index contributed by atoms with van der Waals surface area (Å²) in [6.45, 7) is 0.597. The Balaban J connectivity index is 1.47. The molecular formula is C25H18N4O3. The van der Waals surface area contributed by atoms with E-state index in [4.69, 9.17) is 14.5 Å². The molecule has 5 aromatic rings. The van der Waals surface area contributed by atoms with E-state index in [1.165, 1.54) is 0 Å². The summed E-state index contributed by atoms with van der Waals surface area (Å²) in [5, 5.41) is 4.94. The molecule has 2 aromatic carbocycles. The number of hydrogen-bond donors (Lipinski definition) is 2. The van der Waals surface area contributed by atoms with Gasteiger partial charge in [0.25, 0.3) is 5.91 Å². The average molecular weight is 422 g/mol. The van der Waals surface area contributed by atoms with Gasteiger partial charge in [0.2, 0.25) is 6.79 Å². The SMILES string of the molecule is O=C(NCc1ccncc1)c1cc2c([nH]c3ccccc32)c(-c2ccc3c(c2)OCO3)n1. The molecule has 156 valence electrons. The smallest absolute Gasteiger partial charge is 0.270 e. The second-order valence-electron chi connectivity index (χ2n) is 7.56. The van der Waals surface area contributed by atoms with Crippen molar-refractivity contribution in [1.82, 2.24) is 20.3 Å². The molecule has 7 nitrogen and oxygen atoms in total. The Labute approximate surface area is 183 Å². The number of rotatable bonds is 4. The number of aromatic nitrogens is 3. The van der Waals surface area contributed by atoms with Crippen molar-refractivity contribution in [3.05, 3.63) is 84.3 Å². The fourth-order valence-corrected chi connectivity index (χ4v) is 3.99. The number of hydrogen-bond acceptors (Lipinski definition) is 5. The van der Waals surface area contributed by atoms with Crippen LogP contribution in [0.1, 0.15) is 16.1 Å². The van der Waals surface area contributed by atoms with Gasteiger partial charge in [-0.15, -0.1) is 0 Å². The Morgan fingerprint density at radius 2 is 1.81 bits per heavy atom. The fraction of sp³-hybridized carbons (Fsp3) is 0.0800. The van der Waals surface area contributed by atoms with Gasteiger partial charge in [-0.25, -0.2) is 4.98 Å². The van der Waals surface area contributed by atoms with Crippen LogP contribution in [0.3, 0.4) is 0 Å². The number of amides is 1. The van der Waals surface area contributed by atoms with Gasteiger partial charge in [0, 0.05) is 40.8 Å². The maximum atomic E-state index is 13.0. The Kier molecular flexibility index (Phi) is 4.24. The first-order valence-electron chi connectivity index (χ1n) is 10.2. The zero-order valence-corrected chi connectivity index (χ0v) is 17.0. The summed E-state index contributed by atoms with van der Waals surface area (Å²) >= 11 is 0. The molecule has 1 aliphatic rings. The number of carbonyl (C=O) groups excluding carboxylic acids is 1. The average Bonchev–Trinajstić information content (AvgIpc) is 3.46. The lowest BCUT2D eigenvalue weighted by Gasteiger charge is -2.09. The van der Waals surface area contributed by atoms with Crippen molar-refractivity contribution in [2.24, 2.45) is 0 Å². The fourth-order valence-electron chi connectivity index (χ4n) is 3.99. The number of nitrogens with zero attached hydrogens (tertiary/aromatic N) is 2. The van der Waals surface area contributed by atoms with Crippen LogP contribution in [0.4, 0.5) is 0 Å². The summed E-state index contributed by atoms with van der Waals surface area (Å²) in [5.41, 5.74) is 4.71. The first-order chi connectivity index (χ1) is 15.8. The maximum absolute atomic E-state index is 13.0. The van der Waals surface area contributed by atoms with Crippen molar-refractivity contribution in [2.45, 2.75) is 6.54 Å². The van der Waals surface area contributed by atoms with Gasteiger partial charge in [-0.1, -0.05) is 18.2 Å². The van der Waals surface area contributed by atoms with Crippen LogP contribution in [0.2, 0.25) is 0 Å². The lowest BCUT2D eigenvalue weighted by molar-refractivity contribution is 0.0946. The second-order valence-corrected chi connectivity index (χ2v) is 7.56. The third-order valence-electron chi connectivity index (χ3n) is 5.58. The molecule has 3 aromatic heterocycles. The molecule has 0 saturated carbocycles. The van der Waals surface area contributed by atoms with Gasteiger partial charge in [0.05, 0.1) is 11.2 Å². The summed E-state index contributed by atoms with van der Waals surface area (Å²) in [7, 11) is 0. The van der Waals surface area contributed by atoms with Crippen molar-refractivity contribution in [1.29, 1.82) is 0 Å². The van der Waals surface area contributed by atoms with E-state index in [1.807, 2.05) is 60.7 Å². The van der Waals surface area contributed by atoms with Crippen molar-refractivity contribution in [2.75, 3.05) is 6.79 Å². The summed E-state index contributed by atoms with van der Waals surface area (Å²) < 4.78 is 11.0. The van der Waals surface area contributed by atoms with Crippen LogP contribution in [0, 0.1) is 0 Å². The minimum Gasteiger partial charge on any atom is -0.454 e. The van der Waals surface area contributed by atoms with E-state index in [1.54, 1.807) is 12.4 Å². The summed E-state index contributed by atoms with van der Waals surface area (Å²) in [4.78, 5) is 25.3. The molecule has 1 aliphatic heterocycles. The topological polar surface area (TPSA) is 89.1 Å². The van der Waals surface area contributed by atoms with Gasteiger partial charge < -0.3 is 19.8 Å². The van der Waals surface area contributed by atoms with Gasteiger partial charge in [-0.2, -0.15) is 0 Å². The van der Waals surface area contributed by atoms with Crippen molar-refractivity contribution < 1.29 is 14.3 Å². The van der Waals surface area contributed by atoms with Crippen LogP contribution in [-0.2, 0) is 6.54 Å². The van der Waals surface area contributed by atoms with Gasteiger partial charge in [0.1, 0.15) is 5.69 Å². The van der Waals surface area contributed by atoms with E-state index in [0.29, 0.717) is 29.4 Å². The number of ether oxygens (including phenoxy) is 2. The van der Waals surface area contributed by atoms with Crippen LogP contribution in [0.5, 0.6) is 11.5 Å². The molecule has 0 fully saturated rings. The molecule has 32 heavy (non-hydrogen) atoms. The zero-order valence-electron chi connectivity index (χ0n) is 17.0. The van der Waals surface area contributed by atoms with Crippen LogP contribution < -0.4 is 14.8 Å². The molecule has 6 rings (SSSR count). The standard InChI is InChI=1S/C25H18N4O3/c30-25(27-13-15-7-9-26-10-8-15)20-12-18-17-3-1-2-4-19(17)28-24(18)23(29-20)16-5-6-21-22(11-16)32-14-31-21/h1-12,28H,13-14H2,(H,27,30). The quantitative estimate of drug-likeness (QED) is 0.447. The predicted octanol–water partition coefficient (Wildman–Crippen LogP) is 4.44. The number of fused-ring (bicyclic) bond motifs is 4. The molecule has 0 aliphatic carbocycles. The molecule has 0 atom stereocenters. The molecule has 0 saturated heterocycles. The van der Waals surface area contributed by atoms with E-state index in [2.05, 4.69) is 15.3 Å². The van der Waals surface area contributed by atoms with Gasteiger partial charge >= 0.3 is 0 Å². The monoisotopic (exact) mass is 422 g/mol. The van der Waals surface area contributed by atoms with Gasteiger partial charge in [-0.05, 0) is 48.0 Å².